The van der Waals surface area contributed by atoms with Crippen LogP contribution in [0.4, 0.5) is 0 Å². The second kappa shape index (κ2) is 6.57. The fraction of sp³-hybridized carbons (Fsp3) is 0.375. The van der Waals surface area contributed by atoms with Gasteiger partial charge in [0.25, 0.3) is 0 Å². The van der Waals surface area contributed by atoms with Crippen LogP contribution in [0.25, 0.3) is 0 Å². The highest BCUT2D eigenvalue weighted by Crippen LogP contribution is 1.95. The van der Waals surface area contributed by atoms with Crippen molar-refractivity contribution in [3.8, 4) is 0 Å². The average Bonchev–Trinajstić information content (AvgIpc) is 2.05. The summed E-state index contributed by atoms with van der Waals surface area (Å²) in [5, 5.41) is 10.6. The van der Waals surface area contributed by atoms with E-state index in [1.54, 1.807) is 25.3 Å². The molecule has 0 aliphatic rings. The number of allylic oxidation sites excluding steroid dienone is 2. The molecule has 12 heavy (non-hydrogen) atoms. The Morgan fingerprint density at radius 3 is 2.92 bits per heavy atom. The Morgan fingerprint density at radius 1 is 1.75 bits per heavy atom. The van der Waals surface area contributed by atoms with Crippen LogP contribution in [0, 0.1) is 0 Å². The molecule has 0 aliphatic carbocycles. The Kier molecular flexibility index (Phi) is 5.95. The molecule has 0 saturated carbocycles. The average molecular weight is 170 g/mol. The fourth-order valence-electron chi connectivity index (χ4n) is 0.624. The van der Waals surface area contributed by atoms with Crippen molar-refractivity contribution < 1.29 is 9.90 Å². The maximum absolute atomic E-state index is 9.95. The lowest BCUT2D eigenvalue weighted by molar-refractivity contribution is -0.118. The Morgan fingerprint density at radius 2 is 2.42 bits per heavy atom. The summed E-state index contributed by atoms with van der Waals surface area (Å²) in [6.07, 6.45) is 5.38. The van der Waals surface area contributed by atoms with Crippen molar-refractivity contribution in [3.63, 3.8) is 0 Å². The molecule has 0 heterocycles. The van der Waals surface area contributed by atoms with Gasteiger partial charge in [-0.2, -0.15) is 5.01 Å². The van der Waals surface area contributed by atoms with E-state index in [1.807, 2.05) is 0 Å². The molecule has 0 rings (SSSR count). The van der Waals surface area contributed by atoms with Crippen LogP contribution in [0.5, 0.6) is 0 Å². The van der Waals surface area contributed by atoms with Crippen LogP contribution in [0.2, 0.25) is 0 Å². The minimum Gasteiger partial charge on any atom is -0.376 e. The molecular weight excluding hydrogens is 156 g/mol. The molecule has 0 radical (unpaired) electrons. The molecule has 0 aliphatic heterocycles. The molecule has 1 amide bonds. The lowest BCUT2D eigenvalue weighted by Crippen LogP contribution is -2.41. The Hall–Kier alpha value is -1.13. The number of carbonyl (C=O) groups is 1. The lowest BCUT2D eigenvalue weighted by Gasteiger charge is -2.20. The maximum atomic E-state index is 9.95. The number of amides is 1. The summed E-state index contributed by atoms with van der Waals surface area (Å²) < 4.78 is 0. The van der Waals surface area contributed by atoms with E-state index in [4.69, 9.17) is 0 Å². The molecule has 0 fully saturated rings. The van der Waals surface area contributed by atoms with Crippen LogP contribution in [-0.4, -0.2) is 29.8 Å². The van der Waals surface area contributed by atoms with Gasteiger partial charge in [0.1, 0.15) is 6.23 Å². The first-order valence-corrected chi connectivity index (χ1v) is 3.60. The molecule has 1 unspecified atom stereocenters. The van der Waals surface area contributed by atoms with Gasteiger partial charge in [0.2, 0.25) is 6.41 Å². The van der Waals surface area contributed by atoms with Gasteiger partial charge in [-0.1, -0.05) is 24.8 Å². The molecule has 1 atom stereocenters. The van der Waals surface area contributed by atoms with E-state index in [0.29, 0.717) is 12.8 Å². The van der Waals surface area contributed by atoms with E-state index in [2.05, 4.69) is 12.0 Å². The highest BCUT2D eigenvalue weighted by atomic mass is 16.3. The number of nitrogens with zero attached hydrogens (tertiary/aromatic N) is 1. The number of carbonyl (C=O) groups excluding carboxylic acids is 1. The van der Waals surface area contributed by atoms with Gasteiger partial charge < -0.3 is 5.11 Å². The van der Waals surface area contributed by atoms with Crippen molar-refractivity contribution in [2.45, 2.75) is 12.6 Å². The monoisotopic (exact) mass is 170 g/mol. The zero-order chi connectivity index (χ0) is 9.40. The highest BCUT2D eigenvalue weighted by molar-refractivity contribution is 5.44. The molecule has 0 aromatic heterocycles. The van der Waals surface area contributed by atoms with Gasteiger partial charge in [-0.15, -0.1) is 0 Å². The first-order valence-electron chi connectivity index (χ1n) is 3.60. The number of hydrogen-bond acceptors (Lipinski definition) is 3. The molecule has 4 nitrogen and oxygen atoms in total. The normalized spacial score (nSPS) is 13.2. The van der Waals surface area contributed by atoms with Crippen LogP contribution in [0.15, 0.2) is 24.8 Å². The van der Waals surface area contributed by atoms with Crippen LogP contribution in [-0.2, 0) is 4.79 Å². The highest BCUT2D eigenvalue weighted by Gasteiger charge is 2.06. The third-order valence-corrected chi connectivity index (χ3v) is 1.32. The molecule has 4 heteroatoms. The second-order valence-electron chi connectivity index (χ2n) is 2.24. The molecular formula is C8H14N2O2. The van der Waals surface area contributed by atoms with Crippen molar-refractivity contribution in [3.05, 3.63) is 24.8 Å². The number of nitrogens with one attached hydrogen (secondary N) is 1. The number of aliphatic hydroxyl groups is 1. The largest absolute Gasteiger partial charge is 0.376 e. The van der Waals surface area contributed by atoms with Crippen molar-refractivity contribution >= 4 is 6.41 Å². The minimum atomic E-state index is -0.702. The van der Waals surface area contributed by atoms with Crippen molar-refractivity contribution in [2.75, 3.05) is 7.05 Å². The van der Waals surface area contributed by atoms with Gasteiger partial charge in [-0.3, -0.25) is 10.2 Å². The van der Waals surface area contributed by atoms with E-state index in [1.165, 1.54) is 5.01 Å². The van der Waals surface area contributed by atoms with Gasteiger partial charge in [-0.25, -0.2) is 0 Å². The number of hydrazine groups is 1. The number of rotatable bonds is 6. The first-order chi connectivity index (χ1) is 5.72. The van der Waals surface area contributed by atoms with Gasteiger partial charge >= 0.3 is 0 Å². The Bertz CT molecular complexity index is 168. The van der Waals surface area contributed by atoms with Crippen LogP contribution < -0.4 is 5.43 Å². The predicted molar refractivity (Wildman–Crippen MR) is 46.9 cm³/mol. The van der Waals surface area contributed by atoms with Crippen LogP contribution in [0.3, 0.4) is 0 Å². The summed E-state index contributed by atoms with van der Waals surface area (Å²) in [5.41, 5.74) is 2.32. The fourth-order valence-corrected chi connectivity index (χ4v) is 0.624. The van der Waals surface area contributed by atoms with E-state index < -0.39 is 6.23 Å². The molecule has 0 aromatic carbocycles. The van der Waals surface area contributed by atoms with Gasteiger partial charge in [-0.05, 0) is 0 Å². The third-order valence-electron chi connectivity index (χ3n) is 1.32. The number of aliphatic hydroxyl groups excluding tert-OH is 1. The summed E-state index contributed by atoms with van der Waals surface area (Å²) in [5.74, 6) is 0. The maximum Gasteiger partial charge on any atom is 0.221 e. The summed E-state index contributed by atoms with van der Waals surface area (Å²) in [7, 11) is 1.58. The smallest absolute Gasteiger partial charge is 0.221 e. The lowest BCUT2D eigenvalue weighted by atomic mass is 10.3. The van der Waals surface area contributed by atoms with Crippen molar-refractivity contribution in [2.24, 2.45) is 0 Å². The zero-order valence-electron chi connectivity index (χ0n) is 7.10. The molecule has 2 N–H and O–H groups in total. The Labute approximate surface area is 72.2 Å². The molecule has 68 valence electrons. The van der Waals surface area contributed by atoms with Crippen molar-refractivity contribution in [1.82, 2.24) is 10.4 Å². The molecule has 0 aromatic rings. The quantitative estimate of drug-likeness (QED) is 0.256. The van der Waals surface area contributed by atoms with Crippen molar-refractivity contribution in [1.29, 1.82) is 0 Å². The summed E-state index contributed by atoms with van der Waals surface area (Å²) in [6, 6.07) is 0. The zero-order valence-corrected chi connectivity index (χ0v) is 7.10. The predicted octanol–water partition coefficient (Wildman–Crippen LogP) is 0.0299. The first kappa shape index (κ1) is 10.9. The summed E-state index contributed by atoms with van der Waals surface area (Å²) >= 11 is 0. The van der Waals surface area contributed by atoms with Crippen LogP contribution >= 0.6 is 0 Å². The second-order valence-corrected chi connectivity index (χ2v) is 2.24. The number of hydrogen-bond donors (Lipinski definition) is 2. The van der Waals surface area contributed by atoms with Crippen LogP contribution in [0.1, 0.15) is 6.42 Å². The molecule has 0 spiro atoms. The van der Waals surface area contributed by atoms with Gasteiger partial charge in [0.05, 0.1) is 0 Å². The third kappa shape index (κ3) is 4.65. The topological polar surface area (TPSA) is 52.6 Å². The molecule has 0 saturated heterocycles. The minimum absolute atomic E-state index is 0.448. The summed E-state index contributed by atoms with van der Waals surface area (Å²) in [6.45, 7) is 3.48. The van der Waals surface area contributed by atoms with E-state index in [9.17, 15) is 9.90 Å². The summed E-state index contributed by atoms with van der Waals surface area (Å²) in [4.78, 5) is 9.95. The van der Waals surface area contributed by atoms with E-state index >= 15 is 0 Å². The molecule has 0 bridgehead atoms. The van der Waals surface area contributed by atoms with Gasteiger partial charge in [0, 0.05) is 13.5 Å². The van der Waals surface area contributed by atoms with E-state index in [-0.39, 0.29) is 0 Å². The van der Waals surface area contributed by atoms with E-state index in [0.717, 1.165) is 0 Å². The van der Waals surface area contributed by atoms with Gasteiger partial charge in [0.15, 0.2) is 0 Å². The Balaban J connectivity index is 3.69. The SMILES string of the molecule is C=C/C=C\CC(O)N(C)NC=O. The standard InChI is InChI=1S/C8H14N2O2/c1-3-4-5-6-8(12)10(2)9-7-11/h3-5,7-8,12H,1,6H2,2H3,(H,9,11)/b5-4-.